The lowest BCUT2D eigenvalue weighted by molar-refractivity contribution is -0.131. The number of pyridine rings is 1. The molecule has 0 amide bonds. The van der Waals surface area contributed by atoms with E-state index in [1.807, 2.05) is 36.4 Å². The number of benzene rings is 1. The van der Waals surface area contributed by atoms with Crippen molar-refractivity contribution in [1.82, 2.24) is 4.40 Å². The number of fused-ring (bicyclic) bond motifs is 3. The Kier molecular flexibility index (Phi) is 4.10. The molecule has 1 aromatic carbocycles. The topological polar surface area (TPSA) is 41.7 Å². The minimum Gasteiger partial charge on any atom is -0.478 e. The normalized spacial score (nSPS) is 15.5. The van der Waals surface area contributed by atoms with E-state index in [1.54, 1.807) is 0 Å². The van der Waals surface area contributed by atoms with Gasteiger partial charge in [0.05, 0.1) is 0 Å². The standard InChI is InChI=1S/C21H18ClNO2/c22-16-9-7-14(8-10-16)12-17-18-5-1-2-11-23(18)19-6-3-4-15(21(17)19)13-20(24)25/h1-2,5,7-11,13H,3-4,6,12H2,(H,24,25). The van der Waals surface area contributed by atoms with Crippen molar-refractivity contribution < 1.29 is 9.90 Å². The number of allylic oxidation sites excluding steroid dienone is 1. The van der Waals surface area contributed by atoms with Crippen molar-refractivity contribution in [1.29, 1.82) is 0 Å². The first kappa shape index (κ1) is 16.0. The van der Waals surface area contributed by atoms with Crippen molar-refractivity contribution in [3.05, 3.63) is 82.1 Å². The summed E-state index contributed by atoms with van der Waals surface area (Å²) in [4.78, 5) is 11.3. The first-order valence-corrected chi connectivity index (χ1v) is 8.80. The Hall–Kier alpha value is -2.52. The second-order valence-corrected chi connectivity index (χ2v) is 6.86. The maximum Gasteiger partial charge on any atom is 0.328 e. The van der Waals surface area contributed by atoms with Gasteiger partial charge in [0.2, 0.25) is 0 Å². The molecule has 4 heteroatoms. The molecular weight excluding hydrogens is 334 g/mol. The molecule has 0 saturated heterocycles. The SMILES string of the molecule is O=C(O)C=C1CCCc2c1c(Cc1ccc(Cl)cc1)c1ccccn21. The van der Waals surface area contributed by atoms with Gasteiger partial charge in [0.15, 0.2) is 0 Å². The van der Waals surface area contributed by atoms with Crippen LogP contribution in [0.25, 0.3) is 11.1 Å². The van der Waals surface area contributed by atoms with Gasteiger partial charge in [-0.3, -0.25) is 0 Å². The number of carboxylic acids is 1. The molecule has 2 aromatic heterocycles. The van der Waals surface area contributed by atoms with Gasteiger partial charge in [-0.05, 0) is 60.2 Å². The number of carboxylic acid groups (broad SMARTS) is 1. The van der Waals surface area contributed by atoms with Crippen molar-refractivity contribution in [2.24, 2.45) is 0 Å². The van der Waals surface area contributed by atoms with Gasteiger partial charge in [0, 0.05) is 40.5 Å². The highest BCUT2D eigenvalue weighted by atomic mass is 35.5. The zero-order chi connectivity index (χ0) is 17.4. The van der Waals surface area contributed by atoms with Crippen LogP contribution in [0.4, 0.5) is 0 Å². The fraction of sp³-hybridized carbons (Fsp3) is 0.190. The van der Waals surface area contributed by atoms with Crippen LogP contribution >= 0.6 is 11.6 Å². The Morgan fingerprint density at radius 3 is 2.72 bits per heavy atom. The van der Waals surface area contributed by atoms with Gasteiger partial charge in [-0.1, -0.05) is 29.8 Å². The molecule has 1 aliphatic rings. The molecule has 0 unspecified atom stereocenters. The van der Waals surface area contributed by atoms with Crippen LogP contribution < -0.4 is 0 Å². The lowest BCUT2D eigenvalue weighted by atomic mass is 9.87. The van der Waals surface area contributed by atoms with E-state index in [2.05, 4.69) is 16.7 Å². The van der Waals surface area contributed by atoms with E-state index in [0.717, 1.165) is 47.4 Å². The Morgan fingerprint density at radius 2 is 1.96 bits per heavy atom. The van der Waals surface area contributed by atoms with Gasteiger partial charge in [0.1, 0.15) is 0 Å². The molecule has 0 atom stereocenters. The van der Waals surface area contributed by atoms with Crippen LogP contribution in [0.1, 0.15) is 35.2 Å². The molecule has 0 radical (unpaired) electrons. The number of rotatable bonds is 3. The lowest BCUT2D eigenvalue weighted by Gasteiger charge is -2.17. The monoisotopic (exact) mass is 351 g/mol. The van der Waals surface area contributed by atoms with Gasteiger partial charge in [-0.15, -0.1) is 0 Å². The molecule has 25 heavy (non-hydrogen) atoms. The number of carbonyl (C=O) groups is 1. The van der Waals surface area contributed by atoms with E-state index in [0.29, 0.717) is 0 Å². The third-order valence-corrected chi connectivity index (χ3v) is 5.07. The number of hydrogen-bond donors (Lipinski definition) is 1. The number of aromatic nitrogens is 1. The average molecular weight is 352 g/mol. The van der Waals surface area contributed by atoms with Crippen LogP contribution in [-0.2, 0) is 17.6 Å². The maximum absolute atomic E-state index is 11.3. The molecule has 4 rings (SSSR count). The van der Waals surface area contributed by atoms with Crippen molar-refractivity contribution in [2.75, 3.05) is 0 Å². The summed E-state index contributed by atoms with van der Waals surface area (Å²) in [6, 6.07) is 14.0. The van der Waals surface area contributed by atoms with E-state index < -0.39 is 5.97 Å². The first-order valence-electron chi connectivity index (χ1n) is 8.42. The van der Waals surface area contributed by atoms with Crippen LogP contribution in [0.15, 0.2) is 54.7 Å². The van der Waals surface area contributed by atoms with E-state index in [9.17, 15) is 9.90 Å². The fourth-order valence-corrected chi connectivity index (χ4v) is 3.95. The molecular formula is C21H18ClNO2. The molecule has 0 bridgehead atoms. The Bertz CT molecular complexity index is 983. The molecule has 0 saturated carbocycles. The third kappa shape index (κ3) is 2.96. The Morgan fingerprint density at radius 1 is 1.16 bits per heavy atom. The minimum absolute atomic E-state index is 0.721. The van der Waals surface area contributed by atoms with Crippen molar-refractivity contribution in [3.8, 4) is 0 Å². The number of aliphatic carboxylic acids is 1. The number of aryl methyl sites for hydroxylation is 1. The summed E-state index contributed by atoms with van der Waals surface area (Å²) in [5.41, 5.74) is 6.80. The fourth-order valence-electron chi connectivity index (χ4n) is 3.82. The summed E-state index contributed by atoms with van der Waals surface area (Å²) in [5, 5.41) is 10.0. The predicted octanol–water partition coefficient (Wildman–Crippen LogP) is 4.99. The van der Waals surface area contributed by atoms with Gasteiger partial charge < -0.3 is 9.51 Å². The quantitative estimate of drug-likeness (QED) is 0.675. The second kappa shape index (κ2) is 6.41. The second-order valence-electron chi connectivity index (χ2n) is 6.42. The Balaban J connectivity index is 1.93. The molecule has 2 heterocycles. The van der Waals surface area contributed by atoms with E-state index >= 15 is 0 Å². The molecule has 3 aromatic rings. The summed E-state index contributed by atoms with van der Waals surface area (Å²) in [7, 11) is 0. The van der Waals surface area contributed by atoms with Crippen LogP contribution in [0, 0.1) is 0 Å². The lowest BCUT2D eigenvalue weighted by Crippen LogP contribution is -2.06. The summed E-state index contributed by atoms with van der Waals surface area (Å²) in [6.45, 7) is 0. The number of nitrogens with zero attached hydrogens (tertiary/aromatic N) is 1. The first-order chi connectivity index (χ1) is 12.1. The highest BCUT2D eigenvalue weighted by molar-refractivity contribution is 6.30. The van der Waals surface area contributed by atoms with Gasteiger partial charge in [-0.25, -0.2) is 4.79 Å². The molecule has 0 fully saturated rings. The van der Waals surface area contributed by atoms with E-state index in [1.165, 1.54) is 22.9 Å². The maximum atomic E-state index is 11.3. The van der Waals surface area contributed by atoms with Crippen LogP contribution in [0.5, 0.6) is 0 Å². The van der Waals surface area contributed by atoms with E-state index in [-0.39, 0.29) is 0 Å². The Labute approximate surface area is 151 Å². The highest BCUT2D eigenvalue weighted by Gasteiger charge is 2.24. The predicted molar refractivity (Wildman–Crippen MR) is 100 cm³/mol. The van der Waals surface area contributed by atoms with Crippen molar-refractivity contribution in [3.63, 3.8) is 0 Å². The summed E-state index contributed by atoms with van der Waals surface area (Å²) < 4.78 is 2.22. The molecule has 0 aliphatic heterocycles. The van der Waals surface area contributed by atoms with Crippen molar-refractivity contribution in [2.45, 2.75) is 25.7 Å². The summed E-state index contributed by atoms with van der Waals surface area (Å²) >= 11 is 6.01. The van der Waals surface area contributed by atoms with Gasteiger partial charge in [-0.2, -0.15) is 0 Å². The average Bonchev–Trinajstić information content (AvgIpc) is 2.92. The molecule has 1 N–H and O–H groups in total. The molecule has 1 aliphatic carbocycles. The number of hydrogen-bond acceptors (Lipinski definition) is 1. The summed E-state index contributed by atoms with van der Waals surface area (Å²) in [6.07, 6.45) is 6.97. The van der Waals surface area contributed by atoms with Crippen LogP contribution in [-0.4, -0.2) is 15.5 Å². The third-order valence-electron chi connectivity index (χ3n) is 4.82. The molecule has 3 nitrogen and oxygen atoms in total. The zero-order valence-corrected chi connectivity index (χ0v) is 14.5. The molecule has 126 valence electrons. The van der Waals surface area contributed by atoms with Gasteiger partial charge in [0.25, 0.3) is 0 Å². The summed E-state index contributed by atoms with van der Waals surface area (Å²) in [5.74, 6) is -0.879. The smallest absolute Gasteiger partial charge is 0.328 e. The largest absolute Gasteiger partial charge is 0.478 e. The van der Waals surface area contributed by atoms with Crippen LogP contribution in [0.3, 0.4) is 0 Å². The van der Waals surface area contributed by atoms with Crippen LogP contribution in [0.2, 0.25) is 5.02 Å². The van der Waals surface area contributed by atoms with Gasteiger partial charge >= 0.3 is 5.97 Å². The number of halogens is 1. The molecule has 0 spiro atoms. The highest BCUT2D eigenvalue weighted by Crippen LogP contribution is 2.38. The van der Waals surface area contributed by atoms with Crippen molar-refractivity contribution >= 4 is 28.7 Å². The van der Waals surface area contributed by atoms with E-state index in [4.69, 9.17) is 11.6 Å². The minimum atomic E-state index is -0.879. The zero-order valence-electron chi connectivity index (χ0n) is 13.7.